The minimum Gasteiger partial charge on any atom is -0.337 e. The first kappa shape index (κ1) is 28.2. The normalized spacial score (nSPS) is 11.8. The third-order valence-electron chi connectivity index (χ3n) is 7.16. The van der Waals surface area contributed by atoms with Crippen molar-refractivity contribution in [3.8, 4) is 33.8 Å². The lowest BCUT2D eigenvalue weighted by atomic mass is 10.0. The second-order valence-corrected chi connectivity index (χ2v) is 12.9. The number of hydrogen-bond donors (Lipinski definition) is 3. The molecule has 0 aliphatic carbocycles. The van der Waals surface area contributed by atoms with E-state index in [0.717, 1.165) is 34.0 Å². The monoisotopic (exact) mass is 596 g/mol. The molecule has 3 N–H and O–H groups in total. The summed E-state index contributed by atoms with van der Waals surface area (Å²) in [6.45, 7) is 1.96. The highest BCUT2D eigenvalue weighted by atomic mass is 32.2. The maximum atomic E-state index is 14.6. The molecule has 0 fully saturated rings. The van der Waals surface area contributed by atoms with E-state index in [1.807, 2.05) is 49.4 Å². The molecule has 0 saturated carbocycles. The molecular formula is C32H29FN6O3S. The van der Waals surface area contributed by atoms with Crippen LogP contribution in [0.3, 0.4) is 0 Å². The van der Waals surface area contributed by atoms with Crippen LogP contribution in [-0.4, -0.2) is 51.5 Å². The molecule has 0 spiro atoms. The van der Waals surface area contributed by atoms with E-state index >= 15 is 0 Å². The average Bonchev–Trinajstić information content (AvgIpc) is 3.59. The second kappa shape index (κ2) is 11.4. The lowest BCUT2D eigenvalue weighted by Gasteiger charge is -2.07. The molecule has 3 heterocycles. The number of nitrogens with zero attached hydrogens (tertiary/aromatic N) is 3. The number of benzene rings is 3. The van der Waals surface area contributed by atoms with Crippen molar-refractivity contribution < 1.29 is 17.6 Å². The van der Waals surface area contributed by atoms with Crippen LogP contribution in [0.2, 0.25) is 0 Å². The van der Waals surface area contributed by atoms with E-state index in [0.29, 0.717) is 45.8 Å². The van der Waals surface area contributed by atoms with Gasteiger partial charge < -0.3 is 10.3 Å². The molecule has 3 aromatic carbocycles. The Labute approximate surface area is 247 Å². The van der Waals surface area contributed by atoms with Gasteiger partial charge in [0.2, 0.25) is 5.91 Å². The first-order chi connectivity index (χ1) is 20.7. The molecule has 0 aliphatic rings. The zero-order valence-corrected chi connectivity index (χ0v) is 24.4. The van der Waals surface area contributed by atoms with Gasteiger partial charge in [-0.25, -0.2) is 17.8 Å². The SMILES string of the molecule is CCCC(=O)Nc1cncc(-c2ccc3[nH]nc(-c4nc5c(-c6cc(F)cc(CCS(C)(=O)=O)c6)cccc5[nH]4)c3c2)c1. The van der Waals surface area contributed by atoms with Crippen molar-refractivity contribution in [3.63, 3.8) is 0 Å². The molecule has 43 heavy (non-hydrogen) atoms. The van der Waals surface area contributed by atoms with Gasteiger partial charge in [-0.2, -0.15) is 5.10 Å². The number of fused-ring (bicyclic) bond motifs is 2. The van der Waals surface area contributed by atoms with Crippen LogP contribution in [-0.2, 0) is 21.1 Å². The third kappa shape index (κ3) is 6.17. The summed E-state index contributed by atoms with van der Waals surface area (Å²) in [5.74, 6) is -0.0164. The Bertz CT molecular complexity index is 2100. The average molecular weight is 597 g/mol. The number of para-hydroxylation sites is 1. The Morgan fingerprint density at radius 1 is 0.977 bits per heavy atom. The van der Waals surface area contributed by atoms with Gasteiger partial charge in [-0.15, -0.1) is 0 Å². The maximum Gasteiger partial charge on any atom is 0.224 e. The fourth-order valence-electron chi connectivity index (χ4n) is 5.12. The molecule has 6 aromatic rings. The van der Waals surface area contributed by atoms with E-state index in [-0.39, 0.29) is 18.1 Å². The molecule has 0 bridgehead atoms. The number of nitrogens with one attached hydrogen (secondary N) is 3. The number of carbonyl (C=O) groups is 1. The number of imidazole rings is 1. The topological polar surface area (TPSA) is 133 Å². The number of aromatic amines is 2. The summed E-state index contributed by atoms with van der Waals surface area (Å²) in [4.78, 5) is 24.6. The van der Waals surface area contributed by atoms with E-state index in [9.17, 15) is 17.6 Å². The molecular weight excluding hydrogens is 567 g/mol. The Morgan fingerprint density at radius 3 is 2.65 bits per heavy atom. The second-order valence-electron chi connectivity index (χ2n) is 10.6. The van der Waals surface area contributed by atoms with Gasteiger partial charge in [-0.3, -0.25) is 14.9 Å². The molecule has 218 valence electrons. The van der Waals surface area contributed by atoms with Gasteiger partial charge in [0.25, 0.3) is 0 Å². The van der Waals surface area contributed by atoms with Crippen LogP contribution in [0.25, 0.3) is 55.7 Å². The molecule has 6 rings (SSSR count). The number of hydrogen-bond acceptors (Lipinski definition) is 6. The van der Waals surface area contributed by atoms with E-state index in [1.54, 1.807) is 18.5 Å². The van der Waals surface area contributed by atoms with Crippen molar-refractivity contribution in [2.24, 2.45) is 0 Å². The third-order valence-corrected chi connectivity index (χ3v) is 8.11. The molecule has 0 aliphatic heterocycles. The van der Waals surface area contributed by atoms with Crippen LogP contribution in [0.4, 0.5) is 10.1 Å². The summed E-state index contributed by atoms with van der Waals surface area (Å²) in [5.41, 5.74) is 7.12. The smallest absolute Gasteiger partial charge is 0.224 e. The quantitative estimate of drug-likeness (QED) is 0.179. The number of halogens is 1. The highest BCUT2D eigenvalue weighted by molar-refractivity contribution is 7.90. The minimum absolute atomic E-state index is 0.0540. The Kier molecular flexibility index (Phi) is 7.49. The number of carbonyl (C=O) groups excluding carboxylic acids is 1. The predicted molar refractivity (Wildman–Crippen MR) is 167 cm³/mol. The van der Waals surface area contributed by atoms with E-state index < -0.39 is 15.7 Å². The van der Waals surface area contributed by atoms with Crippen molar-refractivity contribution in [3.05, 3.63) is 84.4 Å². The van der Waals surface area contributed by atoms with Gasteiger partial charge in [0.1, 0.15) is 21.3 Å². The number of H-pyrrole nitrogens is 2. The number of pyridine rings is 1. The summed E-state index contributed by atoms with van der Waals surface area (Å²) >= 11 is 0. The van der Waals surface area contributed by atoms with Gasteiger partial charge >= 0.3 is 0 Å². The van der Waals surface area contributed by atoms with Crippen LogP contribution >= 0.6 is 0 Å². The first-order valence-corrected chi connectivity index (χ1v) is 15.9. The number of rotatable bonds is 9. The summed E-state index contributed by atoms with van der Waals surface area (Å²) in [7, 11) is -3.19. The molecule has 0 unspecified atom stereocenters. The van der Waals surface area contributed by atoms with Crippen molar-refractivity contribution in [2.75, 3.05) is 17.3 Å². The molecule has 11 heteroatoms. The largest absolute Gasteiger partial charge is 0.337 e. The van der Waals surface area contributed by atoms with E-state index in [1.165, 1.54) is 18.4 Å². The number of amides is 1. The van der Waals surface area contributed by atoms with E-state index in [4.69, 9.17) is 4.98 Å². The first-order valence-electron chi connectivity index (χ1n) is 13.9. The number of anilines is 1. The van der Waals surface area contributed by atoms with Crippen molar-refractivity contribution in [1.29, 1.82) is 0 Å². The number of sulfone groups is 1. The zero-order chi connectivity index (χ0) is 30.1. The fourth-order valence-corrected chi connectivity index (χ4v) is 5.73. The van der Waals surface area contributed by atoms with Crippen molar-refractivity contribution >= 4 is 43.4 Å². The standard InChI is InChI=1S/C32H29FN6O3S/c1-3-5-29(40)35-24-15-22(17-34-18-24)20-8-9-27-26(16-20)31(39-38-27)32-36-28-7-4-6-25(30(28)37-32)21-12-19(13-23(33)14-21)10-11-43(2,41)42/h4,6-9,12-18H,3,5,10-11H2,1-2H3,(H,35,40)(H,36,37)(H,38,39). The van der Waals surface area contributed by atoms with Gasteiger partial charge in [-0.05, 0) is 65.9 Å². The van der Waals surface area contributed by atoms with Gasteiger partial charge in [0.15, 0.2) is 5.82 Å². The Balaban J connectivity index is 1.37. The number of aryl methyl sites for hydroxylation is 1. The Hall–Kier alpha value is -4.90. The van der Waals surface area contributed by atoms with Gasteiger partial charge in [-0.1, -0.05) is 31.2 Å². The highest BCUT2D eigenvalue weighted by Gasteiger charge is 2.17. The lowest BCUT2D eigenvalue weighted by Crippen LogP contribution is -2.10. The summed E-state index contributed by atoms with van der Waals surface area (Å²) < 4.78 is 38.0. The zero-order valence-electron chi connectivity index (χ0n) is 23.6. The van der Waals surface area contributed by atoms with Gasteiger partial charge in [0, 0.05) is 35.4 Å². The minimum atomic E-state index is -3.19. The van der Waals surface area contributed by atoms with Crippen LogP contribution in [0.1, 0.15) is 25.3 Å². The molecule has 0 atom stereocenters. The summed E-state index contributed by atoms with van der Waals surface area (Å²) in [6.07, 6.45) is 5.96. The van der Waals surface area contributed by atoms with Crippen LogP contribution in [0.15, 0.2) is 73.1 Å². The Morgan fingerprint density at radius 2 is 1.84 bits per heavy atom. The summed E-state index contributed by atoms with van der Waals surface area (Å²) in [6, 6.07) is 18.0. The van der Waals surface area contributed by atoms with Crippen molar-refractivity contribution in [1.82, 2.24) is 25.1 Å². The predicted octanol–water partition coefficient (Wildman–Crippen LogP) is 6.30. The number of aromatic nitrogens is 5. The molecule has 3 aromatic heterocycles. The lowest BCUT2D eigenvalue weighted by molar-refractivity contribution is -0.116. The van der Waals surface area contributed by atoms with Crippen LogP contribution in [0, 0.1) is 5.82 Å². The highest BCUT2D eigenvalue weighted by Crippen LogP contribution is 2.34. The molecule has 9 nitrogen and oxygen atoms in total. The van der Waals surface area contributed by atoms with Gasteiger partial charge in [0.05, 0.1) is 34.2 Å². The maximum absolute atomic E-state index is 14.6. The summed E-state index contributed by atoms with van der Waals surface area (Å²) in [5, 5.41) is 11.3. The van der Waals surface area contributed by atoms with Crippen LogP contribution in [0.5, 0.6) is 0 Å². The molecule has 0 radical (unpaired) electrons. The van der Waals surface area contributed by atoms with E-state index in [2.05, 4.69) is 25.5 Å². The van der Waals surface area contributed by atoms with Crippen molar-refractivity contribution in [2.45, 2.75) is 26.2 Å². The van der Waals surface area contributed by atoms with Crippen LogP contribution < -0.4 is 5.32 Å². The fraction of sp³-hybridized carbons (Fsp3) is 0.188. The molecule has 0 saturated heterocycles. The molecule has 1 amide bonds.